The van der Waals surface area contributed by atoms with E-state index < -0.39 is 5.97 Å². The number of hydrogen-bond acceptors (Lipinski definition) is 2. The van der Waals surface area contributed by atoms with Crippen LogP contribution >= 0.6 is 0 Å². The Labute approximate surface area is 123 Å². The third-order valence-electron chi connectivity index (χ3n) is 3.50. The Morgan fingerprint density at radius 1 is 0.952 bits per heavy atom. The largest absolute Gasteiger partial charge is 0.478 e. The van der Waals surface area contributed by atoms with Crippen LogP contribution in [0.2, 0.25) is 0 Å². The number of para-hydroxylation sites is 1. The molecule has 0 saturated carbocycles. The minimum Gasteiger partial charge on any atom is -0.478 e. The molecule has 0 aliphatic carbocycles. The average Bonchev–Trinajstić information content (AvgIpc) is 2.46. The van der Waals surface area contributed by atoms with Gasteiger partial charge in [-0.2, -0.15) is 0 Å². The fraction of sp³-hybridized carbons (Fsp3) is 0.176. The van der Waals surface area contributed by atoms with Crippen LogP contribution in [-0.4, -0.2) is 24.0 Å². The van der Waals surface area contributed by atoms with Gasteiger partial charge in [-0.15, -0.1) is 0 Å². The first-order chi connectivity index (χ1) is 9.93. The maximum atomic E-state index is 12.7. The Balaban J connectivity index is 2.48. The molecule has 0 spiro atoms. The molecule has 4 heteroatoms. The van der Waals surface area contributed by atoms with Crippen molar-refractivity contribution in [3.63, 3.8) is 0 Å². The number of hydrogen-bond donors (Lipinski definition) is 1. The van der Waals surface area contributed by atoms with Gasteiger partial charge >= 0.3 is 5.97 Å². The third-order valence-corrected chi connectivity index (χ3v) is 3.50. The number of carbonyl (C=O) groups is 2. The van der Waals surface area contributed by atoms with Crippen LogP contribution in [0.4, 0.5) is 5.69 Å². The minimum absolute atomic E-state index is 0.111. The van der Waals surface area contributed by atoms with Crippen LogP contribution in [0.5, 0.6) is 0 Å². The first kappa shape index (κ1) is 14.8. The molecule has 0 aliphatic rings. The van der Waals surface area contributed by atoms with Crippen molar-refractivity contribution < 1.29 is 14.7 Å². The Bertz CT molecular complexity index is 687. The molecular weight excluding hydrogens is 266 g/mol. The van der Waals surface area contributed by atoms with Crippen molar-refractivity contribution in [3.05, 3.63) is 64.7 Å². The summed E-state index contributed by atoms with van der Waals surface area (Å²) in [5.74, 6) is -1.26. The van der Waals surface area contributed by atoms with Gasteiger partial charge < -0.3 is 10.0 Å². The molecule has 0 aromatic heterocycles. The van der Waals surface area contributed by atoms with Gasteiger partial charge in [-0.1, -0.05) is 30.3 Å². The lowest BCUT2D eigenvalue weighted by atomic mass is 10.0. The van der Waals surface area contributed by atoms with Crippen LogP contribution in [0.1, 0.15) is 31.8 Å². The van der Waals surface area contributed by atoms with Crippen molar-refractivity contribution in [1.82, 2.24) is 0 Å². The smallest absolute Gasteiger partial charge is 0.337 e. The van der Waals surface area contributed by atoms with E-state index in [4.69, 9.17) is 0 Å². The molecule has 108 valence electrons. The topological polar surface area (TPSA) is 57.6 Å². The van der Waals surface area contributed by atoms with Crippen molar-refractivity contribution in [3.8, 4) is 0 Å². The maximum Gasteiger partial charge on any atom is 0.337 e. The summed E-state index contributed by atoms with van der Waals surface area (Å²) >= 11 is 0. The highest BCUT2D eigenvalue weighted by Crippen LogP contribution is 2.23. The van der Waals surface area contributed by atoms with E-state index in [0.717, 1.165) is 11.1 Å². The molecule has 0 atom stereocenters. The molecule has 0 fully saturated rings. The molecule has 0 radical (unpaired) electrons. The molecule has 21 heavy (non-hydrogen) atoms. The standard InChI is InChI=1S/C17H17NO3/c1-11-7-6-8-12(2)15(11)16(19)18(3)14-10-5-4-9-13(14)17(20)21/h4-10H,1-3H3,(H,20,21). The van der Waals surface area contributed by atoms with E-state index in [0.29, 0.717) is 11.3 Å². The van der Waals surface area contributed by atoms with Crippen LogP contribution in [0.3, 0.4) is 0 Å². The first-order valence-electron chi connectivity index (χ1n) is 6.60. The van der Waals surface area contributed by atoms with Gasteiger partial charge in [0.2, 0.25) is 0 Å². The fourth-order valence-corrected chi connectivity index (χ4v) is 2.38. The Hall–Kier alpha value is -2.62. The zero-order valence-electron chi connectivity index (χ0n) is 12.3. The number of anilines is 1. The van der Waals surface area contributed by atoms with Crippen LogP contribution < -0.4 is 4.90 Å². The second-order valence-electron chi connectivity index (χ2n) is 4.95. The second-order valence-corrected chi connectivity index (χ2v) is 4.95. The molecule has 1 N–H and O–H groups in total. The van der Waals surface area contributed by atoms with Gasteiger partial charge in [0.05, 0.1) is 11.3 Å². The van der Waals surface area contributed by atoms with Gasteiger partial charge in [0.15, 0.2) is 0 Å². The summed E-state index contributed by atoms with van der Waals surface area (Å²) < 4.78 is 0. The molecule has 0 saturated heterocycles. The lowest BCUT2D eigenvalue weighted by molar-refractivity contribution is 0.0697. The molecular formula is C17H17NO3. The van der Waals surface area contributed by atoms with Gasteiger partial charge in [-0.05, 0) is 37.1 Å². The Morgan fingerprint density at radius 2 is 1.52 bits per heavy atom. The monoisotopic (exact) mass is 283 g/mol. The number of rotatable bonds is 3. The SMILES string of the molecule is Cc1cccc(C)c1C(=O)N(C)c1ccccc1C(=O)O. The molecule has 2 aromatic carbocycles. The van der Waals surface area contributed by atoms with Crippen LogP contribution in [0.25, 0.3) is 0 Å². The molecule has 0 bridgehead atoms. The van der Waals surface area contributed by atoms with E-state index in [1.807, 2.05) is 32.0 Å². The Morgan fingerprint density at radius 3 is 2.10 bits per heavy atom. The molecule has 2 rings (SSSR count). The van der Waals surface area contributed by atoms with E-state index in [1.165, 1.54) is 11.0 Å². The summed E-state index contributed by atoms with van der Waals surface area (Å²) in [6.45, 7) is 3.74. The Kier molecular flexibility index (Phi) is 4.08. The van der Waals surface area contributed by atoms with Crippen molar-refractivity contribution in [2.75, 3.05) is 11.9 Å². The summed E-state index contributed by atoms with van der Waals surface area (Å²) in [5, 5.41) is 9.24. The van der Waals surface area contributed by atoms with Crippen molar-refractivity contribution in [2.45, 2.75) is 13.8 Å². The number of carboxylic acid groups (broad SMARTS) is 1. The molecule has 0 heterocycles. The van der Waals surface area contributed by atoms with Gasteiger partial charge in [-0.25, -0.2) is 4.79 Å². The van der Waals surface area contributed by atoms with E-state index in [1.54, 1.807) is 25.2 Å². The second kappa shape index (κ2) is 5.79. The van der Waals surface area contributed by atoms with Crippen molar-refractivity contribution >= 4 is 17.6 Å². The summed E-state index contributed by atoms with van der Waals surface area (Å²) in [5.41, 5.74) is 2.86. The highest BCUT2D eigenvalue weighted by molar-refractivity contribution is 6.10. The molecule has 4 nitrogen and oxygen atoms in total. The van der Waals surface area contributed by atoms with Crippen LogP contribution in [0.15, 0.2) is 42.5 Å². The zero-order chi connectivity index (χ0) is 15.6. The average molecular weight is 283 g/mol. The number of aromatic carboxylic acids is 1. The number of carbonyl (C=O) groups excluding carboxylic acids is 1. The predicted octanol–water partition coefficient (Wildman–Crippen LogP) is 3.28. The van der Waals surface area contributed by atoms with Gasteiger partial charge in [0.1, 0.15) is 0 Å². The van der Waals surface area contributed by atoms with Gasteiger partial charge in [-0.3, -0.25) is 4.79 Å². The fourth-order valence-electron chi connectivity index (χ4n) is 2.38. The maximum absolute atomic E-state index is 12.7. The highest BCUT2D eigenvalue weighted by Gasteiger charge is 2.21. The molecule has 0 aliphatic heterocycles. The highest BCUT2D eigenvalue weighted by atomic mass is 16.4. The summed E-state index contributed by atoms with van der Waals surface area (Å²) in [6.07, 6.45) is 0. The first-order valence-corrected chi connectivity index (χ1v) is 6.60. The van der Waals surface area contributed by atoms with Gasteiger partial charge in [0, 0.05) is 12.6 Å². The number of carboxylic acids is 1. The van der Waals surface area contributed by atoms with Crippen molar-refractivity contribution in [2.24, 2.45) is 0 Å². The number of benzene rings is 2. The van der Waals surface area contributed by atoms with Crippen molar-refractivity contribution in [1.29, 1.82) is 0 Å². The lowest BCUT2D eigenvalue weighted by Crippen LogP contribution is -2.29. The van der Waals surface area contributed by atoms with E-state index in [2.05, 4.69) is 0 Å². The minimum atomic E-state index is -1.05. The number of nitrogens with zero attached hydrogens (tertiary/aromatic N) is 1. The number of aryl methyl sites for hydroxylation is 2. The number of amides is 1. The molecule has 1 amide bonds. The summed E-state index contributed by atoms with van der Waals surface area (Å²) in [6, 6.07) is 12.1. The van der Waals surface area contributed by atoms with Gasteiger partial charge in [0.25, 0.3) is 5.91 Å². The molecule has 0 unspecified atom stereocenters. The predicted molar refractivity (Wildman–Crippen MR) is 82.1 cm³/mol. The van der Waals surface area contributed by atoms with E-state index in [9.17, 15) is 14.7 Å². The lowest BCUT2D eigenvalue weighted by Gasteiger charge is -2.21. The molecule has 2 aromatic rings. The van der Waals surface area contributed by atoms with E-state index in [-0.39, 0.29) is 11.5 Å². The van der Waals surface area contributed by atoms with E-state index >= 15 is 0 Å². The zero-order valence-corrected chi connectivity index (χ0v) is 12.3. The quantitative estimate of drug-likeness (QED) is 0.940. The van der Waals surface area contributed by atoms with Crippen LogP contribution in [-0.2, 0) is 0 Å². The normalized spacial score (nSPS) is 10.2. The van der Waals surface area contributed by atoms with Crippen LogP contribution in [0, 0.1) is 13.8 Å². The summed E-state index contributed by atoms with van der Waals surface area (Å²) in [7, 11) is 1.59. The summed E-state index contributed by atoms with van der Waals surface area (Å²) in [4.78, 5) is 25.4. The third kappa shape index (κ3) is 2.79.